The molecule has 0 unspecified atom stereocenters. The van der Waals surface area contributed by atoms with E-state index in [-0.39, 0.29) is 29.3 Å². The van der Waals surface area contributed by atoms with Gasteiger partial charge in [-0.05, 0) is 17.7 Å². The molecule has 1 N–H and O–H groups in total. The lowest BCUT2D eigenvalue weighted by atomic mass is 10.1. The van der Waals surface area contributed by atoms with E-state index in [1.807, 2.05) is 30.3 Å². The Bertz CT molecular complexity index is 955. The molecule has 0 fully saturated rings. The molecule has 1 amide bonds. The van der Waals surface area contributed by atoms with Gasteiger partial charge in [0.2, 0.25) is 0 Å². The van der Waals surface area contributed by atoms with Crippen LogP contribution in [-0.2, 0) is 21.2 Å². The van der Waals surface area contributed by atoms with Crippen LogP contribution in [0.15, 0.2) is 59.5 Å². The van der Waals surface area contributed by atoms with Gasteiger partial charge in [0.15, 0.2) is 9.84 Å². The van der Waals surface area contributed by atoms with Crippen molar-refractivity contribution in [1.29, 1.82) is 0 Å². The predicted octanol–water partition coefficient (Wildman–Crippen LogP) is 2.94. The Morgan fingerprint density at radius 1 is 1.22 bits per heavy atom. The third-order valence-corrected chi connectivity index (χ3v) is 4.61. The van der Waals surface area contributed by atoms with Crippen LogP contribution < -0.4 is 5.32 Å². The van der Waals surface area contributed by atoms with Crippen molar-refractivity contribution in [1.82, 2.24) is 5.32 Å². The lowest BCUT2D eigenvalue weighted by Crippen LogP contribution is -2.24. The zero-order valence-electron chi connectivity index (χ0n) is 14.5. The molecule has 0 spiro atoms. The summed E-state index contributed by atoms with van der Waals surface area (Å²) in [4.78, 5) is 22.0. The van der Waals surface area contributed by atoms with Gasteiger partial charge in [0.1, 0.15) is 6.61 Å². The van der Waals surface area contributed by atoms with Crippen molar-refractivity contribution in [2.45, 2.75) is 11.5 Å². The van der Waals surface area contributed by atoms with E-state index in [9.17, 15) is 23.3 Å². The number of rotatable bonds is 7. The molecule has 0 heterocycles. The van der Waals surface area contributed by atoms with Crippen LogP contribution in [0.2, 0.25) is 0 Å². The monoisotopic (exact) mass is 390 g/mol. The maximum absolute atomic E-state index is 11.6. The molecule has 0 bridgehead atoms. The van der Waals surface area contributed by atoms with Crippen LogP contribution in [0.5, 0.6) is 0 Å². The summed E-state index contributed by atoms with van der Waals surface area (Å²) in [6.07, 6.45) is 3.30. The molecule has 142 valence electrons. The summed E-state index contributed by atoms with van der Waals surface area (Å²) < 4.78 is 28.1. The molecule has 0 radical (unpaired) electrons. The van der Waals surface area contributed by atoms with Crippen LogP contribution in [0.1, 0.15) is 11.1 Å². The van der Waals surface area contributed by atoms with Crippen molar-refractivity contribution >= 4 is 27.7 Å². The lowest BCUT2D eigenvalue weighted by Gasteiger charge is -2.05. The SMILES string of the molecule is CS(=O)(=O)c1ccc(C=CCNC(=O)OCc2ccccc2)c([N+](=O)[O-])c1. The predicted molar refractivity (Wildman–Crippen MR) is 99.9 cm³/mol. The number of hydrogen-bond donors (Lipinski definition) is 1. The highest BCUT2D eigenvalue weighted by Gasteiger charge is 2.17. The summed E-state index contributed by atoms with van der Waals surface area (Å²) in [6, 6.07) is 12.8. The number of amides is 1. The summed E-state index contributed by atoms with van der Waals surface area (Å²) in [6.45, 7) is 0.230. The molecule has 0 aliphatic heterocycles. The van der Waals surface area contributed by atoms with Crippen molar-refractivity contribution in [3.63, 3.8) is 0 Å². The molecule has 2 aromatic rings. The Morgan fingerprint density at radius 2 is 1.93 bits per heavy atom. The number of nitrogens with zero attached hydrogens (tertiary/aromatic N) is 1. The topological polar surface area (TPSA) is 116 Å². The number of carbonyl (C=O) groups is 1. The third kappa shape index (κ3) is 6.23. The van der Waals surface area contributed by atoms with Gasteiger partial charge in [0, 0.05) is 18.9 Å². The first-order valence-electron chi connectivity index (χ1n) is 7.87. The minimum Gasteiger partial charge on any atom is -0.445 e. The van der Waals surface area contributed by atoms with Crippen molar-refractivity contribution in [2.24, 2.45) is 0 Å². The van der Waals surface area contributed by atoms with Crippen molar-refractivity contribution < 1.29 is 22.9 Å². The molecule has 2 rings (SSSR count). The number of ether oxygens (including phenoxy) is 1. The number of nitrogens with one attached hydrogen (secondary N) is 1. The second kappa shape index (κ2) is 8.95. The van der Waals surface area contributed by atoms with E-state index in [4.69, 9.17) is 4.74 Å². The zero-order valence-corrected chi connectivity index (χ0v) is 15.3. The van der Waals surface area contributed by atoms with E-state index in [0.29, 0.717) is 0 Å². The van der Waals surface area contributed by atoms with Gasteiger partial charge in [-0.2, -0.15) is 0 Å². The van der Waals surface area contributed by atoms with Gasteiger partial charge in [-0.3, -0.25) is 10.1 Å². The molecular weight excluding hydrogens is 372 g/mol. The van der Waals surface area contributed by atoms with Gasteiger partial charge < -0.3 is 10.1 Å². The molecule has 0 saturated heterocycles. The first-order chi connectivity index (χ1) is 12.8. The molecule has 9 heteroatoms. The van der Waals surface area contributed by atoms with Crippen LogP contribution in [0.25, 0.3) is 6.08 Å². The number of alkyl carbamates (subject to hydrolysis) is 1. The minimum absolute atomic E-state index is 0.0958. The van der Waals surface area contributed by atoms with Gasteiger partial charge in [0.05, 0.1) is 15.4 Å². The van der Waals surface area contributed by atoms with Gasteiger partial charge in [-0.25, -0.2) is 13.2 Å². The number of nitro benzene ring substituents is 1. The molecule has 8 nitrogen and oxygen atoms in total. The maximum Gasteiger partial charge on any atom is 0.407 e. The third-order valence-electron chi connectivity index (χ3n) is 3.50. The summed E-state index contributed by atoms with van der Waals surface area (Å²) in [5, 5.41) is 13.6. The van der Waals surface area contributed by atoms with Crippen LogP contribution in [0, 0.1) is 10.1 Å². The van der Waals surface area contributed by atoms with Crippen LogP contribution in [0.3, 0.4) is 0 Å². The number of benzene rings is 2. The summed E-state index contributed by atoms with van der Waals surface area (Å²) in [5.74, 6) is 0. The fourth-order valence-electron chi connectivity index (χ4n) is 2.16. The highest BCUT2D eigenvalue weighted by atomic mass is 32.2. The van der Waals surface area contributed by atoms with E-state index >= 15 is 0 Å². The van der Waals surface area contributed by atoms with Gasteiger partial charge in [0.25, 0.3) is 5.69 Å². The number of carbonyl (C=O) groups excluding carboxylic acids is 1. The Kier molecular flexibility index (Phi) is 6.67. The normalized spacial score (nSPS) is 11.3. The van der Waals surface area contributed by atoms with E-state index < -0.39 is 20.9 Å². The Morgan fingerprint density at radius 3 is 2.56 bits per heavy atom. The van der Waals surface area contributed by atoms with Crippen molar-refractivity contribution in [2.75, 3.05) is 12.8 Å². The fourth-order valence-corrected chi connectivity index (χ4v) is 2.80. The Hall–Kier alpha value is -3.20. The Labute approximate surface area is 156 Å². The fraction of sp³-hybridized carbons (Fsp3) is 0.167. The molecule has 0 aliphatic rings. The smallest absolute Gasteiger partial charge is 0.407 e. The lowest BCUT2D eigenvalue weighted by molar-refractivity contribution is -0.385. The molecule has 0 aliphatic carbocycles. The highest BCUT2D eigenvalue weighted by molar-refractivity contribution is 7.90. The number of nitro groups is 1. The Balaban J connectivity index is 1.93. The molecule has 0 saturated carbocycles. The standard InChI is InChI=1S/C18H18N2O6S/c1-27(24,25)16-10-9-15(17(12-16)20(22)23)8-5-11-19-18(21)26-13-14-6-3-2-4-7-14/h2-10,12H,11,13H2,1H3,(H,19,21). The second-order valence-corrected chi connectivity index (χ2v) is 7.61. The van der Waals surface area contributed by atoms with Gasteiger partial charge in [-0.1, -0.05) is 42.5 Å². The molecular formula is C18H18N2O6S. The quantitative estimate of drug-likeness (QED) is 0.574. The van der Waals surface area contributed by atoms with Gasteiger partial charge >= 0.3 is 6.09 Å². The first kappa shape index (κ1) is 20.1. The molecule has 27 heavy (non-hydrogen) atoms. The van der Waals surface area contributed by atoms with Crippen molar-refractivity contribution in [3.05, 3.63) is 75.8 Å². The van der Waals surface area contributed by atoms with E-state index in [2.05, 4.69) is 5.32 Å². The first-order valence-corrected chi connectivity index (χ1v) is 9.76. The summed E-state index contributed by atoms with van der Waals surface area (Å²) in [5.41, 5.74) is 0.748. The number of sulfone groups is 1. The highest BCUT2D eigenvalue weighted by Crippen LogP contribution is 2.24. The maximum atomic E-state index is 11.6. The van der Waals surface area contributed by atoms with E-state index in [0.717, 1.165) is 17.9 Å². The average Bonchev–Trinajstić information content (AvgIpc) is 2.63. The van der Waals surface area contributed by atoms with E-state index in [1.165, 1.54) is 24.3 Å². The van der Waals surface area contributed by atoms with Crippen LogP contribution in [-0.4, -0.2) is 32.2 Å². The van der Waals surface area contributed by atoms with Crippen LogP contribution in [0.4, 0.5) is 10.5 Å². The minimum atomic E-state index is -3.54. The molecule has 0 atom stereocenters. The second-order valence-electron chi connectivity index (χ2n) is 5.59. The molecule has 0 aromatic heterocycles. The summed E-state index contributed by atoms with van der Waals surface area (Å²) in [7, 11) is -3.54. The zero-order chi connectivity index (χ0) is 19.9. The average molecular weight is 390 g/mol. The largest absolute Gasteiger partial charge is 0.445 e. The van der Waals surface area contributed by atoms with Gasteiger partial charge in [-0.15, -0.1) is 0 Å². The van der Waals surface area contributed by atoms with E-state index in [1.54, 1.807) is 0 Å². The van der Waals surface area contributed by atoms with Crippen molar-refractivity contribution in [3.8, 4) is 0 Å². The summed E-state index contributed by atoms with van der Waals surface area (Å²) >= 11 is 0. The van der Waals surface area contributed by atoms with Crippen LogP contribution >= 0.6 is 0 Å². The molecule has 2 aromatic carbocycles. The number of hydrogen-bond acceptors (Lipinski definition) is 6.